The molecule has 4 nitrogen and oxygen atoms in total. The van der Waals surface area contributed by atoms with Crippen LogP contribution in [0.15, 0.2) is 24.3 Å². The van der Waals surface area contributed by atoms with Gasteiger partial charge in [0.05, 0.1) is 6.61 Å². The Hall–Kier alpha value is -1.39. The number of hydrogen-bond acceptors (Lipinski definition) is 3. The van der Waals surface area contributed by atoms with Gasteiger partial charge in [-0.2, -0.15) is 0 Å². The van der Waals surface area contributed by atoms with E-state index >= 15 is 0 Å². The predicted octanol–water partition coefficient (Wildman–Crippen LogP) is 2.09. The van der Waals surface area contributed by atoms with Crippen molar-refractivity contribution in [2.75, 3.05) is 13.2 Å². The lowest BCUT2D eigenvalue weighted by molar-refractivity contribution is -0.151. The molecule has 0 spiro atoms. The molecule has 1 aromatic carbocycles. The molecule has 1 aliphatic rings. The highest BCUT2D eigenvalue weighted by Gasteiger charge is 2.31. The summed E-state index contributed by atoms with van der Waals surface area (Å²) in [5, 5.41) is 18.0. The van der Waals surface area contributed by atoms with Crippen LogP contribution < -0.4 is 0 Å². The van der Waals surface area contributed by atoms with Gasteiger partial charge in [0.15, 0.2) is 6.10 Å². The molecule has 1 atom stereocenters. The van der Waals surface area contributed by atoms with Gasteiger partial charge < -0.3 is 14.9 Å². The molecule has 0 radical (unpaired) electrons. The van der Waals surface area contributed by atoms with Crippen molar-refractivity contribution in [3.05, 3.63) is 35.4 Å². The Kier molecular flexibility index (Phi) is 4.33. The molecular formula is C14H18O4. The van der Waals surface area contributed by atoms with Gasteiger partial charge in [0.2, 0.25) is 0 Å². The summed E-state index contributed by atoms with van der Waals surface area (Å²) in [6, 6.07) is 7.58. The molecular weight excluding hydrogens is 232 g/mol. The minimum Gasteiger partial charge on any atom is -0.479 e. The van der Waals surface area contributed by atoms with Gasteiger partial charge in [-0.1, -0.05) is 24.3 Å². The molecule has 0 heterocycles. The molecule has 0 aromatic heterocycles. The summed E-state index contributed by atoms with van der Waals surface area (Å²) in [6.07, 6.45) is 1.78. The second kappa shape index (κ2) is 5.98. The van der Waals surface area contributed by atoms with Gasteiger partial charge in [-0.05, 0) is 36.3 Å². The molecule has 98 valence electrons. The highest BCUT2D eigenvalue weighted by atomic mass is 16.5. The number of carboxylic acid groups (broad SMARTS) is 1. The Bertz CT molecular complexity index is 412. The van der Waals surface area contributed by atoms with Crippen molar-refractivity contribution < 1.29 is 19.7 Å². The minimum absolute atomic E-state index is 0.0105. The van der Waals surface area contributed by atoms with Crippen molar-refractivity contribution in [1.82, 2.24) is 0 Å². The van der Waals surface area contributed by atoms with Crippen LogP contribution in [0.3, 0.4) is 0 Å². The Morgan fingerprint density at radius 2 is 2.11 bits per heavy atom. The van der Waals surface area contributed by atoms with Gasteiger partial charge in [-0.3, -0.25) is 0 Å². The van der Waals surface area contributed by atoms with Crippen molar-refractivity contribution in [2.45, 2.75) is 31.3 Å². The second-order valence-electron chi connectivity index (χ2n) is 4.57. The first-order valence-electron chi connectivity index (χ1n) is 6.28. The lowest BCUT2D eigenvalue weighted by Crippen LogP contribution is -2.18. The SMILES string of the molecule is O=C(O)C(OCCCO)c1ccccc1C1CC1. The second-order valence-corrected chi connectivity index (χ2v) is 4.57. The van der Waals surface area contributed by atoms with Gasteiger partial charge >= 0.3 is 5.97 Å². The van der Waals surface area contributed by atoms with Gasteiger partial charge in [0.25, 0.3) is 0 Å². The Morgan fingerprint density at radius 3 is 2.72 bits per heavy atom. The van der Waals surface area contributed by atoms with Crippen molar-refractivity contribution >= 4 is 5.97 Å². The smallest absolute Gasteiger partial charge is 0.337 e. The third-order valence-electron chi connectivity index (χ3n) is 3.11. The number of rotatable bonds is 7. The topological polar surface area (TPSA) is 66.8 Å². The fourth-order valence-electron chi connectivity index (χ4n) is 2.08. The fourth-order valence-corrected chi connectivity index (χ4v) is 2.08. The summed E-state index contributed by atoms with van der Waals surface area (Å²) in [6.45, 7) is 0.267. The van der Waals surface area contributed by atoms with Gasteiger partial charge in [-0.25, -0.2) is 4.79 Å². The van der Waals surface area contributed by atoms with E-state index in [1.165, 1.54) is 0 Å². The summed E-state index contributed by atoms with van der Waals surface area (Å²) in [4.78, 5) is 11.3. The molecule has 2 N–H and O–H groups in total. The third-order valence-corrected chi connectivity index (χ3v) is 3.11. The van der Waals surface area contributed by atoms with E-state index in [1.54, 1.807) is 0 Å². The summed E-state index contributed by atoms with van der Waals surface area (Å²) in [5.41, 5.74) is 1.85. The zero-order chi connectivity index (χ0) is 13.0. The molecule has 1 aliphatic carbocycles. The number of aliphatic carboxylic acids is 1. The van der Waals surface area contributed by atoms with E-state index in [-0.39, 0.29) is 13.2 Å². The Balaban J connectivity index is 2.16. The highest BCUT2D eigenvalue weighted by molar-refractivity contribution is 5.75. The molecule has 1 fully saturated rings. The molecule has 2 rings (SSSR count). The number of hydrogen-bond donors (Lipinski definition) is 2. The number of ether oxygens (including phenoxy) is 1. The molecule has 0 aliphatic heterocycles. The van der Waals surface area contributed by atoms with E-state index in [2.05, 4.69) is 0 Å². The van der Waals surface area contributed by atoms with Crippen LogP contribution in [0.25, 0.3) is 0 Å². The quantitative estimate of drug-likeness (QED) is 0.727. The monoisotopic (exact) mass is 250 g/mol. The van der Waals surface area contributed by atoms with Crippen molar-refractivity contribution in [1.29, 1.82) is 0 Å². The van der Waals surface area contributed by atoms with Crippen LogP contribution in [0.1, 0.15) is 42.4 Å². The first-order chi connectivity index (χ1) is 8.74. The van der Waals surface area contributed by atoms with Crippen molar-refractivity contribution in [3.8, 4) is 0 Å². The zero-order valence-electron chi connectivity index (χ0n) is 10.2. The van der Waals surface area contributed by atoms with E-state index in [0.717, 1.165) is 24.0 Å². The molecule has 0 bridgehead atoms. The Morgan fingerprint density at radius 1 is 1.39 bits per heavy atom. The van der Waals surface area contributed by atoms with E-state index in [9.17, 15) is 9.90 Å². The maximum absolute atomic E-state index is 11.3. The normalized spacial score (nSPS) is 16.5. The first-order valence-corrected chi connectivity index (χ1v) is 6.28. The molecule has 4 heteroatoms. The molecule has 1 saturated carbocycles. The average molecular weight is 250 g/mol. The van der Waals surface area contributed by atoms with Crippen LogP contribution >= 0.6 is 0 Å². The van der Waals surface area contributed by atoms with Crippen LogP contribution in [-0.2, 0) is 9.53 Å². The molecule has 0 saturated heterocycles. The van der Waals surface area contributed by atoms with Crippen molar-refractivity contribution in [3.63, 3.8) is 0 Å². The predicted molar refractivity (Wildman–Crippen MR) is 66.4 cm³/mol. The number of carbonyl (C=O) groups is 1. The summed E-state index contributed by atoms with van der Waals surface area (Å²) in [5.74, 6) is -0.481. The number of benzene rings is 1. The third kappa shape index (κ3) is 3.09. The summed E-state index contributed by atoms with van der Waals surface area (Å²) < 4.78 is 5.39. The molecule has 18 heavy (non-hydrogen) atoms. The van der Waals surface area contributed by atoms with Crippen LogP contribution in [0.4, 0.5) is 0 Å². The average Bonchev–Trinajstić information content (AvgIpc) is 3.18. The summed E-state index contributed by atoms with van der Waals surface area (Å²) >= 11 is 0. The fraction of sp³-hybridized carbons (Fsp3) is 0.500. The maximum atomic E-state index is 11.3. The van der Waals surface area contributed by atoms with Crippen LogP contribution in [0, 0.1) is 0 Å². The van der Waals surface area contributed by atoms with Gasteiger partial charge in [-0.15, -0.1) is 0 Å². The molecule has 0 amide bonds. The van der Waals surface area contributed by atoms with Crippen molar-refractivity contribution in [2.24, 2.45) is 0 Å². The number of aliphatic hydroxyl groups excluding tert-OH is 1. The minimum atomic E-state index is -0.971. The lowest BCUT2D eigenvalue weighted by atomic mass is 9.99. The van der Waals surface area contributed by atoms with E-state index < -0.39 is 12.1 Å². The van der Waals surface area contributed by atoms with Crippen LogP contribution in [-0.4, -0.2) is 29.4 Å². The molecule has 1 aromatic rings. The van der Waals surface area contributed by atoms with Crippen LogP contribution in [0.5, 0.6) is 0 Å². The number of carboxylic acids is 1. The molecule has 1 unspecified atom stereocenters. The first kappa shape index (κ1) is 13.1. The standard InChI is InChI=1S/C14H18O4/c15-8-3-9-18-13(14(16)17)12-5-2-1-4-11(12)10-6-7-10/h1-2,4-5,10,13,15H,3,6-9H2,(H,16,17). The zero-order valence-corrected chi connectivity index (χ0v) is 10.2. The lowest BCUT2D eigenvalue weighted by Gasteiger charge is -2.17. The van der Waals surface area contributed by atoms with Gasteiger partial charge in [0.1, 0.15) is 0 Å². The highest BCUT2D eigenvalue weighted by Crippen LogP contribution is 2.43. The summed E-state index contributed by atoms with van der Waals surface area (Å²) in [7, 11) is 0. The van der Waals surface area contributed by atoms with Crippen LogP contribution in [0.2, 0.25) is 0 Å². The number of aliphatic hydroxyl groups is 1. The van der Waals surface area contributed by atoms with E-state index in [0.29, 0.717) is 12.3 Å². The van der Waals surface area contributed by atoms with E-state index in [4.69, 9.17) is 9.84 Å². The maximum Gasteiger partial charge on any atom is 0.337 e. The van der Waals surface area contributed by atoms with E-state index in [1.807, 2.05) is 24.3 Å². The van der Waals surface area contributed by atoms with Gasteiger partial charge in [0, 0.05) is 6.61 Å². The largest absolute Gasteiger partial charge is 0.479 e. The Labute approximate surface area is 106 Å².